The van der Waals surface area contributed by atoms with E-state index in [0.717, 1.165) is 28.2 Å². The molecule has 0 saturated heterocycles. The summed E-state index contributed by atoms with van der Waals surface area (Å²) in [6.45, 7) is 2.78. The zero-order valence-corrected chi connectivity index (χ0v) is 17.5. The molecule has 152 valence electrons. The van der Waals surface area contributed by atoms with Crippen LogP contribution in [0.1, 0.15) is 27.6 Å². The summed E-state index contributed by atoms with van der Waals surface area (Å²) in [5.74, 6) is 0.767. The van der Waals surface area contributed by atoms with Gasteiger partial charge in [0.05, 0.1) is 12.2 Å². The number of hydrogen-bond donors (Lipinski definition) is 0. The van der Waals surface area contributed by atoms with Crippen molar-refractivity contribution < 1.29 is 4.79 Å². The Kier molecular flexibility index (Phi) is 5.48. The molecule has 6 heteroatoms. The van der Waals surface area contributed by atoms with Crippen LogP contribution in [0.25, 0.3) is 11.1 Å². The quantitative estimate of drug-likeness (QED) is 0.493. The van der Waals surface area contributed by atoms with Gasteiger partial charge in [-0.1, -0.05) is 54.6 Å². The number of carbonyl (C=O) groups excluding carboxylic acids is 1. The van der Waals surface area contributed by atoms with Crippen molar-refractivity contribution in [3.63, 3.8) is 0 Å². The molecule has 2 aromatic heterocycles. The lowest BCUT2D eigenvalue weighted by molar-refractivity contribution is 0.0713. The Balaban J connectivity index is 1.71. The average molecular weight is 399 g/mol. The van der Waals surface area contributed by atoms with E-state index in [1.807, 2.05) is 66.0 Å². The first-order valence-electron chi connectivity index (χ1n) is 9.92. The van der Waals surface area contributed by atoms with E-state index >= 15 is 0 Å². The fourth-order valence-electron chi connectivity index (χ4n) is 3.65. The summed E-state index contributed by atoms with van der Waals surface area (Å²) in [5.41, 5.74) is 4.73. The van der Waals surface area contributed by atoms with Crippen LogP contribution in [0.15, 0.2) is 73.1 Å². The van der Waals surface area contributed by atoms with Gasteiger partial charge in [-0.25, -0.2) is 4.98 Å². The van der Waals surface area contributed by atoms with Crippen molar-refractivity contribution in [3.8, 4) is 11.1 Å². The van der Waals surface area contributed by atoms with Crippen LogP contribution in [-0.2, 0) is 27.2 Å². The molecule has 0 aliphatic heterocycles. The number of imidazole rings is 1. The van der Waals surface area contributed by atoms with E-state index in [9.17, 15) is 4.79 Å². The summed E-state index contributed by atoms with van der Waals surface area (Å²) in [7, 11) is 3.74. The van der Waals surface area contributed by atoms with Crippen molar-refractivity contribution in [3.05, 3.63) is 95.8 Å². The molecule has 0 radical (unpaired) electrons. The molecule has 2 heterocycles. The first kappa shape index (κ1) is 19.6. The third-order valence-electron chi connectivity index (χ3n) is 5.22. The molecule has 4 rings (SSSR count). The molecule has 6 nitrogen and oxygen atoms in total. The molecule has 2 aromatic carbocycles. The molecule has 0 saturated carbocycles. The van der Waals surface area contributed by atoms with Crippen LogP contribution in [-0.4, -0.2) is 30.1 Å². The van der Waals surface area contributed by atoms with Gasteiger partial charge in [0.2, 0.25) is 0 Å². The predicted molar refractivity (Wildman–Crippen MR) is 117 cm³/mol. The average Bonchev–Trinajstić information content (AvgIpc) is 3.32. The molecule has 0 atom stereocenters. The highest BCUT2D eigenvalue weighted by molar-refractivity contribution is 5.92. The summed E-state index contributed by atoms with van der Waals surface area (Å²) in [4.78, 5) is 19.8. The second-order valence-corrected chi connectivity index (χ2v) is 7.43. The molecule has 0 spiro atoms. The smallest absolute Gasteiger partial charge is 0.272 e. The lowest BCUT2D eigenvalue weighted by atomic mass is 9.99. The summed E-state index contributed by atoms with van der Waals surface area (Å²) in [6.07, 6.45) is 3.65. The molecule has 4 aromatic rings. The van der Waals surface area contributed by atoms with Gasteiger partial charge in [0, 0.05) is 33.0 Å². The predicted octanol–water partition coefficient (Wildman–Crippen LogP) is 3.97. The van der Waals surface area contributed by atoms with E-state index in [0.29, 0.717) is 18.8 Å². The van der Waals surface area contributed by atoms with Gasteiger partial charge in [-0.2, -0.15) is 5.10 Å². The minimum absolute atomic E-state index is 0.0658. The van der Waals surface area contributed by atoms with Crippen LogP contribution in [0.4, 0.5) is 0 Å². The maximum atomic E-state index is 13.5. The number of nitrogens with zero attached hydrogens (tertiary/aromatic N) is 5. The second-order valence-electron chi connectivity index (χ2n) is 7.43. The molecule has 0 bridgehead atoms. The van der Waals surface area contributed by atoms with Crippen molar-refractivity contribution in [2.24, 2.45) is 14.1 Å². The SMILES string of the molecule is Cc1cc(C(=O)N(Cc2ccccc2-c2ccccc2)Cc2nccn2C)n(C)n1. The van der Waals surface area contributed by atoms with Crippen molar-refractivity contribution in [1.29, 1.82) is 0 Å². The lowest BCUT2D eigenvalue weighted by Crippen LogP contribution is -2.32. The van der Waals surface area contributed by atoms with E-state index in [4.69, 9.17) is 0 Å². The molecule has 30 heavy (non-hydrogen) atoms. The van der Waals surface area contributed by atoms with E-state index in [-0.39, 0.29) is 5.91 Å². The van der Waals surface area contributed by atoms with Crippen LogP contribution < -0.4 is 0 Å². The highest BCUT2D eigenvalue weighted by Crippen LogP contribution is 2.25. The molecule has 0 unspecified atom stereocenters. The van der Waals surface area contributed by atoms with Crippen molar-refractivity contribution in [2.75, 3.05) is 0 Å². The van der Waals surface area contributed by atoms with Gasteiger partial charge in [0.15, 0.2) is 0 Å². The van der Waals surface area contributed by atoms with Crippen molar-refractivity contribution in [2.45, 2.75) is 20.0 Å². The zero-order valence-electron chi connectivity index (χ0n) is 17.5. The normalized spacial score (nSPS) is 10.9. The Morgan fingerprint density at radius 1 is 1.00 bits per heavy atom. The maximum Gasteiger partial charge on any atom is 0.272 e. The molecule has 0 aliphatic carbocycles. The monoisotopic (exact) mass is 399 g/mol. The first-order valence-corrected chi connectivity index (χ1v) is 9.92. The molecular weight excluding hydrogens is 374 g/mol. The van der Waals surface area contributed by atoms with Crippen LogP contribution in [0.3, 0.4) is 0 Å². The van der Waals surface area contributed by atoms with E-state index in [2.05, 4.69) is 34.3 Å². The first-order chi connectivity index (χ1) is 14.5. The number of rotatable bonds is 6. The van der Waals surface area contributed by atoms with E-state index in [1.165, 1.54) is 0 Å². The Morgan fingerprint density at radius 3 is 2.40 bits per heavy atom. The Hall–Kier alpha value is -3.67. The molecule has 0 aliphatic rings. The number of amides is 1. The number of carbonyl (C=O) groups is 1. The fraction of sp³-hybridized carbons (Fsp3) is 0.208. The highest BCUT2D eigenvalue weighted by Gasteiger charge is 2.22. The van der Waals surface area contributed by atoms with Crippen LogP contribution in [0.5, 0.6) is 0 Å². The second kappa shape index (κ2) is 8.37. The zero-order chi connectivity index (χ0) is 21.1. The number of benzene rings is 2. The van der Waals surface area contributed by atoms with E-state index < -0.39 is 0 Å². The Labute approximate surface area is 176 Å². The number of aryl methyl sites for hydroxylation is 3. The van der Waals surface area contributed by atoms with Crippen LogP contribution in [0, 0.1) is 6.92 Å². The molecule has 1 amide bonds. The van der Waals surface area contributed by atoms with Gasteiger partial charge in [0.25, 0.3) is 5.91 Å². The Bertz CT molecular complexity index is 1160. The third kappa shape index (κ3) is 4.03. The minimum Gasteiger partial charge on any atom is -0.337 e. The van der Waals surface area contributed by atoms with Gasteiger partial charge < -0.3 is 9.47 Å². The summed E-state index contributed by atoms with van der Waals surface area (Å²) < 4.78 is 3.59. The van der Waals surface area contributed by atoms with Crippen LogP contribution >= 0.6 is 0 Å². The summed E-state index contributed by atoms with van der Waals surface area (Å²) in [6, 6.07) is 20.3. The maximum absolute atomic E-state index is 13.5. The fourth-order valence-corrected chi connectivity index (χ4v) is 3.65. The summed E-state index contributed by atoms with van der Waals surface area (Å²) >= 11 is 0. The molecule has 0 fully saturated rings. The topological polar surface area (TPSA) is 56.0 Å². The summed E-state index contributed by atoms with van der Waals surface area (Å²) in [5, 5.41) is 4.35. The van der Waals surface area contributed by atoms with Gasteiger partial charge in [-0.15, -0.1) is 0 Å². The highest BCUT2D eigenvalue weighted by atomic mass is 16.2. The number of aromatic nitrogens is 4. The van der Waals surface area contributed by atoms with Gasteiger partial charge in [-0.05, 0) is 29.7 Å². The third-order valence-corrected chi connectivity index (χ3v) is 5.22. The van der Waals surface area contributed by atoms with Gasteiger partial charge in [0.1, 0.15) is 11.5 Å². The Morgan fingerprint density at radius 2 is 1.73 bits per heavy atom. The van der Waals surface area contributed by atoms with Crippen molar-refractivity contribution >= 4 is 5.91 Å². The van der Waals surface area contributed by atoms with Gasteiger partial charge in [-0.3, -0.25) is 9.48 Å². The van der Waals surface area contributed by atoms with Crippen molar-refractivity contribution in [1.82, 2.24) is 24.2 Å². The van der Waals surface area contributed by atoms with Crippen LogP contribution in [0.2, 0.25) is 0 Å². The molecular formula is C24H25N5O. The largest absolute Gasteiger partial charge is 0.337 e. The number of hydrogen-bond acceptors (Lipinski definition) is 3. The standard InChI is InChI=1S/C24H25N5O/c1-18-15-22(28(3)26-18)24(30)29(17-23-25-13-14-27(23)2)16-20-11-7-8-12-21(20)19-9-5-4-6-10-19/h4-15H,16-17H2,1-3H3. The van der Waals surface area contributed by atoms with E-state index in [1.54, 1.807) is 17.9 Å². The lowest BCUT2D eigenvalue weighted by Gasteiger charge is -2.24. The minimum atomic E-state index is -0.0658. The van der Waals surface area contributed by atoms with Gasteiger partial charge >= 0.3 is 0 Å². The molecule has 0 N–H and O–H groups in total.